The summed E-state index contributed by atoms with van der Waals surface area (Å²) < 4.78 is 26.7. The molecule has 148 valence electrons. The Morgan fingerprint density at radius 2 is 1.64 bits per heavy atom. The average molecular weight is 385 g/mol. The molecular weight excluding hydrogens is 360 g/mol. The normalized spacial score (nSPS) is 20.4. The van der Waals surface area contributed by atoms with Crippen molar-refractivity contribution in [2.45, 2.75) is 25.9 Å². The Kier molecular flexibility index (Phi) is 5.42. The Morgan fingerprint density at radius 1 is 1.00 bits per heavy atom. The van der Waals surface area contributed by atoms with E-state index in [1.165, 1.54) is 17.7 Å². The van der Waals surface area contributed by atoms with Gasteiger partial charge in [0.15, 0.2) is 0 Å². The summed E-state index contributed by atoms with van der Waals surface area (Å²) in [4.78, 5) is 19.2. The van der Waals surface area contributed by atoms with Gasteiger partial charge in [-0.2, -0.15) is 0 Å². The molecule has 2 aliphatic rings. The predicted molar refractivity (Wildman–Crippen MR) is 105 cm³/mol. The fourth-order valence-corrected chi connectivity index (χ4v) is 4.28. The van der Waals surface area contributed by atoms with Gasteiger partial charge in [0.2, 0.25) is 5.91 Å². The van der Waals surface area contributed by atoms with Crippen molar-refractivity contribution in [2.24, 2.45) is 0 Å². The summed E-state index contributed by atoms with van der Waals surface area (Å²) in [6.07, 6.45) is 0.903. The van der Waals surface area contributed by atoms with Gasteiger partial charge in [-0.15, -0.1) is 0 Å². The van der Waals surface area contributed by atoms with Crippen LogP contribution in [0.15, 0.2) is 42.5 Å². The first-order valence-electron chi connectivity index (χ1n) is 9.79. The lowest BCUT2D eigenvalue weighted by Crippen LogP contribution is -2.50. The van der Waals surface area contributed by atoms with E-state index < -0.39 is 11.6 Å². The molecule has 0 saturated carbocycles. The van der Waals surface area contributed by atoms with Gasteiger partial charge in [0.25, 0.3) is 0 Å². The summed E-state index contributed by atoms with van der Waals surface area (Å²) in [5.41, 5.74) is 2.91. The molecule has 0 aromatic heterocycles. The van der Waals surface area contributed by atoms with Crippen molar-refractivity contribution in [2.75, 3.05) is 37.6 Å². The van der Waals surface area contributed by atoms with Gasteiger partial charge in [0, 0.05) is 50.5 Å². The minimum atomic E-state index is -0.542. The Labute approximate surface area is 164 Å². The van der Waals surface area contributed by atoms with Crippen molar-refractivity contribution in [1.82, 2.24) is 9.80 Å². The third kappa shape index (κ3) is 4.08. The number of anilines is 1. The molecule has 4 rings (SSSR count). The maximum Gasteiger partial charge on any atom is 0.241 e. The number of rotatable bonds is 4. The van der Waals surface area contributed by atoms with Crippen molar-refractivity contribution in [3.63, 3.8) is 0 Å². The van der Waals surface area contributed by atoms with E-state index in [1.54, 1.807) is 0 Å². The van der Waals surface area contributed by atoms with Crippen molar-refractivity contribution in [3.05, 3.63) is 65.2 Å². The largest absolute Gasteiger partial charge is 0.308 e. The molecule has 6 heteroatoms. The van der Waals surface area contributed by atoms with Gasteiger partial charge in [-0.25, -0.2) is 8.78 Å². The second-order valence-corrected chi connectivity index (χ2v) is 7.78. The summed E-state index contributed by atoms with van der Waals surface area (Å²) in [6.45, 7) is 6.11. The number of piperazine rings is 1. The van der Waals surface area contributed by atoms with Crippen LogP contribution >= 0.6 is 0 Å². The Morgan fingerprint density at radius 3 is 2.36 bits per heavy atom. The number of halogens is 2. The fraction of sp³-hybridized carbons (Fsp3) is 0.409. The molecule has 1 atom stereocenters. The molecule has 2 aromatic carbocycles. The molecule has 1 amide bonds. The monoisotopic (exact) mass is 385 g/mol. The second kappa shape index (κ2) is 7.97. The van der Waals surface area contributed by atoms with Crippen LogP contribution in [0, 0.1) is 11.6 Å². The lowest BCUT2D eigenvalue weighted by molar-refractivity contribution is -0.120. The molecule has 0 bridgehead atoms. The lowest BCUT2D eigenvalue weighted by Gasteiger charge is -2.35. The van der Waals surface area contributed by atoms with Crippen molar-refractivity contribution < 1.29 is 13.6 Å². The quantitative estimate of drug-likeness (QED) is 0.809. The van der Waals surface area contributed by atoms with E-state index in [0.717, 1.165) is 44.4 Å². The lowest BCUT2D eigenvalue weighted by atomic mass is 10.1. The first kappa shape index (κ1) is 19.0. The summed E-state index contributed by atoms with van der Waals surface area (Å²) in [6, 6.07) is 11.9. The molecule has 1 unspecified atom stereocenters. The van der Waals surface area contributed by atoms with Gasteiger partial charge in [-0.05, 0) is 42.7 Å². The van der Waals surface area contributed by atoms with Crippen LogP contribution in [0.25, 0.3) is 0 Å². The fourth-order valence-electron chi connectivity index (χ4n) is 4.28. The van der Waals surface area contributed by atoms with Crippen molar-refractivity contribution in [3.8, 4) is 0 Å². The number of amides is 1. The van der Waals surface area contributed by atoms with E-state index in [0.29, 0.717) is 18.7 Å². The van der Waals surface area contributed by atoms with E-state index in [2.05, 4.69) is 22.8 Å². The highest BCUT2D eigenvalue weighted by atomic mass is 19.1. The number of carbonyl (C=O) groups excluding carboxylic acids is 1. The first-order valence-corrected chi connectivity index (χ1v) is 9.79. The Bertz CT molecular complexity index is 844. The highest BCUT2D eigenvalue weighted by Crippen LogP contribution is 2.31. The maximum absolute atomic E-state index is 13.4. The second-order valence-electron chi connectivity index (χ2n) is 7.78. The topological polar surface area (TPSA) is 26.8 Å². The Balaban J connectivity index is 1.31. The molecular formula is C22H25F2N3O. The molecule has 0 radical (unpaired) electrons. The molecule has 4 nitrogen and oxygen atoms in total. The van der Waals surface area contributed by atoms with E-state index in [4.69, 9.17) is 0 Å². The van der Waals surface area contributed by atoms with Crippen molar-refractivity contribution in [1.29, 1.82) is 0 Å². The summed E-state index contributed by atoms with van der Waals surface area (Å²) in [7, 11) is 0. The third-order valence-corrected chi connectivity index (χ3v) is 5.63. The Hall–Kier alpha value is -2.31. The SMILES string of the molecule is CC1Cc2ccccc2N1C(=O)CN1CCN(Cc2cc(F)cc(F)c2)CC1. The van der Waals surface area contributed by atoms with E-state index in [-0.39, 0.29) is 11.9 Å². The van der Waals surface area contributed by atoms with Crippen LogP contribution in [0.1, 0.15) is 18.1 Å². The van der Waals surface area contributed by atoms with Crippen LogP contribution in [-0.4, -0.2) is 54.5 Å². The molecule has 28 heavy (non-hydrogen) atoms. The number of hydrogen-bond acceptors (Lipinski definition) is 3. The van der Waals surface area contributed by atoms with Gasteiger partial charge in [0.1, 0.15) is 11.6 Å². The summed E-state index contributed by atoms with van der Waals surface area (Å²) in [5, 5.41) is 0. The minimum Gasteiger partial charge on any atom is -0.308 e. The summed E-state index contributed by atoms with van der Waals surface area (Å²) >= 11 is 0. The van der Waals surface area contributed by atoms with Crippen LogP contribution in [0.4, 0.5) is 14.5 Å². The molecule has 1 fully saturated rings. The molecule has 2 aromatic rings. The molecule has 2 aliphatic heterocycles. The molecule has 0 spiro atoms. The zero-order valence-corrected chi connectivity index (χ0v) is 16.1. The third-order valence-electron chi connectivity index (χ3n) is 5.63. The number of nitrogens with zero attached hydrogens (tertiary/aromatic N) is 3. The predicted octanol–water partition coefficient (Wildman–Crippen LogP) is 3.06. The zero-order valence-electron chi connectivity index (χ0n) is 16.1. The first-order chi connectivity index (χ1) is 13.5. The van der Waals surface area contributed by atoms with Gasteiger partial charge < -0.3 is 4.90 Å². The van der Waals surface area contributed by atoms with Gasteiger partial charge in [0.05, 0.1) is 6.54 Å². The van der Waals surface area contributed by atoms with Gasteiger partial charge >= 0.3 is 0 Å². The summed E-state index contributed by atoms with van der Waals surface area (Å²) in [5.74, 6) is -0.948. The zero-order chi connectivity index (χ0) is 19.7. The number of carbonyl (C=O) groups is 1. The number of para-hydroxylation sites is 1. The standard InChI is InChI=1S/C22H25F2N3O/c1-16-10-18-4-2-3-5-21(18)27(16)22(28)15-26-8-6-25(7-9-26)14-17-11-19(23)13-20(24)12-17/h2-5,11-13,16H,6-10,14-15H2,1H3. The molecule has 0 N–H and O–H groups in total. The van der Waals surface area contributed by atoms with Crippen LogP contribution in [-0.2, 0) is 17.8 Å². The van der Waals surface area contributed by atoms with E-state index in [9.17, 15) is 13.6 Å². The average Bonchev–Trinajstić information content (AvgIpc) is 2.98. The number of hydrogen-bond donors (Lipinski definition) is 0. The van der Waals surface area contributed by atoms with Gasteiger partial charge in [-0.3, -0.25) is 14.6 Å². The highest BCUT2D eigenvalue weighted by Gasteiger charge is 2.31. The molecule has 1 saturated heterocycles. The van der Waals surface area contributed by atoms with Crippen molar-refractivity contribution >= 4 is 11.6 Å². The van der Waals surface area contributed by atoms with Crippen LogP contribution in [0.5, 0.6) is 0 Å². The number of fused-ring (bicyclic) bond motifs is 1. The van der Waals surface area contributed by atoms with Crippen LogP contribution < -0.4 is 4.90 Å². The maximum atomic E-state index is 13.4. The minimum absolute atomic E-state index is 0.137. The molecule has 2 heterocycles. The van der Waals surface area contributed by atoms with Crippen LogP contribution in [0.2, 0.25) is 0 Å². The van der Waals surface area contributed by atoms with Gasteiger partial charge in [-0.1, -0.05) is 18.2 Å². The number of benzene rings is 2. The smallest absolute Gasteiger partial charge is 0.241 e. The van der Waals surface area contributed by atoms with E-state index in [1.807, 2.05) is 23.1 Å². The highest BCUT2D eigenvalue weighted by molar-refractivity contribution is 5.97. The molecule has 0 aliphatic carbocycles. The van der Waals surface area contributed by atoms with Crippen LogP contribution in [0.3, 0.4) is 0 Å². The van der Waals surface area contributed by atoms with E-state index >= 15 is 0 Å².